The second-order valence-electron chi connectivity index (χ2n) is 2.43. The van der Waals surface area contributed by atoms with E-state index in [9.17, 15) is 0 Å². The normalized spacial score (nSPS) is 9.50. The molecule has 4 heteroatoms. The van der Waals surface area contributed by atoms with Crippen LogP contribution in [0.5, 0.6) is 0 Å². The second kappa shape index (κ2) is 3.74. The standard InChI is InChI=1S/C8H9ClN2S/c1-5-3-2-4-6(7(5)9)11-8(10)12/h2-4H,1H3,(H3,10,11,12). The van der Waals surface area contributed by atoms with Crippen LogP contribution < -0.4 is 11.1 Å². The molecule has 1 aromatic carbocycles. The molecular weight excluding hydrogens is 192 g/mol. The van der Waals surface area contributed by atoms with Crippen molar-refractivity contribution in [3.05, 3.63) is 28.8 Å². The maximum Gasteiger partial charge on any atom is 0.168 e. The molecule has 0 radical (unpaired) electrons. The molecule has 2 nitrogen and oxygen atoms in total. The van der Waals surface area contributed by atoms with Gasteiger partial charge in [-0.25, -0.2) is 0 Å². The lowest BCUT2D eigenvalue weighted by Gasteiger charge is -2.07. The summed E-state index contributed by atoms with van der Waals surface area (Å²) in [5.41, 5.74) is 7.06. The quantitative estimate of drug-likeness (QED) is 0.684. The van der Waals surface area contributed by atoms with Gasteiger partial charge in [-0.15, -0.1) is 0 Å². The fraction of sp³-hybridized carbons (Fsp3) is 0.125. The van der Waals surface area contributed by atoms with Gasteiger partial charge in [0.05, 0.1) is 10.7 Å². The largest absolute Gasteiger partial charge is 0.376 e. The van der Waals surface area contributed by atoms with Gasteiger partial charge >= 0.3 is 0 Å². The van der Waals surface area contributed by atoms with Gasteiger partial charge in [-0.3, -0.25) is 0 Å². The van der Waals surface area contributed by atoms with Crippen molar-refractivity contribution < 1.29 is 0 Å². The van der Waals surface area contributed by atoms with E-state index in [-0.39, 0.29) is 5.11 Å². The van der Waals surface area contributed by atoms with Crippen LogP contribution in [0.2, 0.25) is 5.02 Å². The van der Waals surface area contributed by atoms with Crippen molar-refractivity contribution in [2.75, 3.05) is 5.32 Å². The van der Waals surface area contributed by atoms with Gasteiger partial charge in [0, 0.05) is 0 Å². The molecule has 1 rings (SSSR count). The second-order valence-corrected chi connectivity index (χ2v) is 3.24. The Labute approximate surface area is 81.7 Å². The molecule has 0 aromatic heterocycles. The lowest BCUT2D eigenvalue weighted by atomic mass is 10.2. The van der Waals surface area contributed by atoms with Crippen LogP contribution in [0.4, 0.5) is 5.69 Å². The van der Waals surface area contributed by atoms with Crippen molar-refractivity contribution >= 4 is 34.6 Å². The minimum Gasteiger partial charge on any atom is -0.376 e. The van der Waals surface area contributed by atoms with Gasteiger partial charge in [0.15, 0.2) is 5.11 Å². The molecule has 64 valence electrons. The van der Waals surface area contributed by atoms with Crippen molar-refractivity contribution in [2.45, 2.75) is 6.92 Å². The van der Waals surface area contributed by atoms with E-state index in [1.807, 2.05) is 25.1 Å². The lowest BCUT2D eigenvalue weighted by molar-refractivity contribution is 1.46. The third kappa shape index (κ3) is 2.09. The summed E-state index contributed by atoms with van der Waals surface area (Å²) in [6, 6.07) is 5.64. The van der Waals surface area contributed by atoms with Gasteiger partial charge in [-0.05, 0) is 30.8 Å². The number of hydrogen-bond donors (Lipinski definition) is 2. The van der Waals surface area contributed by atoms with E-state index in [0.717, 1.165) is 11.3 Å². The van der Waals surface area contributed by atoms with E-state index in [4.69, 9.17) is 17.3 Å². The topological polar surface area (TPSA) is 38.0 Å². The number of rotatable bonds is 1. The van der Waals surface area contributed by atoms with Crippen LogP contribution in [0.1, 0.15) is 5.56 Å². The Morgan fingerprint density at radius 1 is 1.58 bits per heavy atom. The SMILES string of the molecule is Cc1cccc(NC(N)=S)c1Cl. The summed E-state index contributed by atoms with van der Waals surface area (Å²) in [4.78, 5) is 0. The zero-order valence-electron chi connectivity index (χ0n) is 6.60. The van der Waals surface area contributed by atoms with E-state index < -0.39 is 0 Å². The molecule has 0 saturated heterocycles. The first-order valence-electron chi connectivity index (χ1n) is 3.43. The van der Waals surface area contributed by atoms with Crippen LogP contribution in [-0.4, -0.2) is 5.11 Å². The van der Waals surface area contributed by atoms with Crippen LogP contribution in [0.25, 0.3) is 0 Å². The van der Waals surface area contributed by atoms with Crippen molar-refractivity contribution in [3.63, 3.8) is 0 Å². The minimum atomic E-state index is 0.225. The number of nitrogens with one attached hydrogen (secondary N) is 1. The number of halogens is 1. The minimum absolute atomic E-state index is 0.225. The van der Waals surface area contributed by atoms with Crippen LogP contribution in [0.15, 0.2) is 18.2 Å². The zero-order chi connectivity index (χ0) is 9.14. The Hall–Kier alpha value is -0.800. The van der Waals surface area contributed by atoms with Crippen molar-refractivity contribution in [3.8, 4) is 0 Å². The van der Waals surface area contributed by atoms with E-state index in [1.165, 1.54) is 0 Å². The predicted octanol–water partition coefficient (Wildman–Crippen LogP) is 2.30. The molecule has 0 aliphatic heterocycles. The monoisotopic (exact) mass is 200 g/mol. The summed E-state index contributed by atoms with van der Waals surface area (Å²) in [7, 11) is 0. The number of benzene rings is 1. The first-order valence-corrected chi connectivity index (χ1v) is 4.21. The highest BCUT2D eigenvalue weighted by Crippen LogP contribution is 2.24. The van der Waals surface area contributed by atoms with Gasteiger partial charge in [0.25, 0.3) is 0 Å². The maximum absolute atomic E-state index is 5.96. The third-order valence-corrected chi connectivity index (χ3v) is 2.05. The van der Waals surface area contributed by atoms with Crippen molar-refractivity contribution in [1.29, 1.82) is 0 Å². The molecule has 0 fully saturated rings. The molecule has 0 saturated carbocycles. The Morgan fingerprint density at radius 2 is 2.25 bits per heavy atom. The van der Waals surface area contributed by atoms with E-state index in [0.29, 0.717) is 5.02 Å². The Bertz CT molecular complexity index is 312. The maximum atomic E-state index is 5.96. The number of aryl methyl sites for hydroxylation is 1. The first kappa shape index (κ1) is 9.29. The molecule has 1 aromatic rings. The fourth-order valence-electron chi connectivity index (χ4n) is 0.877. The van der Waals surface area contributed by atoms with Crippen molar-refractivity contribution in [1.82, 2.24) is 0 Å². The average molecular weight is 201 g/mol. The summed E-state index contributed by atoms with van der Waals surface area (Å²) in [6.07, 6.45) is 0. The molecule has 0 atom stereocenters. The van der Waals surface area contributed by atoms with Crippen LogP contribution in [0.3, 0.4) is 0 Å². The molecule has 0 aliphatic carbocycles. The predicted molar refractivity (Wildman–Crippen MR) is 56.6 cm³/mol. The molecule has 12 heavy (non-hydrogen) atoms. The molecule has 0 bridgehead atoms. The highest BCUT2D eigenvalue weighted by molar-refractivity contribution is 7.80. The lowest BCUT2D eigenvalue weighted by Crippen LogP contribution is -2.19. The zero-order valence-corrected chi connectivity index (χ0v) is 8.17. The first-order chi connectivity index (χ1) is 5.61. The van der Waals surface area contributed by atoms with Gasteiger partial charge in [-0.1, -0.05) is 23.7 Å². The molecule has 0 amide bonds. The highest BCUT2D eigenvalue weighted by Gasteiger charge is 2.01. The Morgan fingerprint density at radius 3 is 2.83 bits per heavy atom. The number of anilines is 1. The fourth-order valence-corrected chi connectivity index (χ4v) is 1.16. The van der Waals surface area contributed by atoms with Gasteiger partial charge in [0.1, 0.15) is 0 Å². The molecule has 0 spiro atoms. The highest BCUT2D eigenvalue weighted by atomic mass is 35.5. The van der Waals surface area contributed by atoms with Gasteiger partial charge in [-0.2, -0.15) is 0 Å². The summed E-state index contributed by atoms with van der Waals surface area (Å²) in [5, 5.41) is 3.67. The van der Waals surface area contributed by atoms with Crippen molar-refractivity contribution in [2.24, 2.45) is 5.73 Å². The molecule has 0 aliphatic rings. The third-order valence-electron chi connectivity index (χ3n) is 1.45. The molecule has 0 unspecified atom stereocenters. The van der Waals surface area contributed by atoms with Crippen LogP contribution in [0, 0.1) is 6.92 Å². The van der Waals surface area contributed by atoms with E-state index in [2.05, 4.69) is 17.5 Å². The van der Waals surface area contributed by atoms with E-state index >= 15 is 0 Å². The molecule has 0 heterocycles. The summed E-state index contributed by atoms with van der Waals surface area (Å²) < 4.78 is 0. The smallest absolute Gasteiger partial charge is 0.168 e. The molecule has 3 N–H and O–H groups in total. The number of thiocarbonyl (C=S) groups is 1. The molecular formula is C8H9ClN2S. The summed E-state index contributed by atoms with van der Waals surface area (Å²) in [5.74, 6) is 0. The average Bonchev–Trinajstić information content (AvgIpc) is 1.98. The summed E-state index contributed by atoms with van der Waals surface area (Å²) in [6.45, 7) is 1.92. The Balaban J connectivity index is 3.00. The number of hydrogen-bond acceptors (Lipinski definition) is 1. The van der Waals surface area contributed by atoms with Gasteiger partial charge < -0.3 is 11.1 Å². The number of nitrogens with two attached hydrogens (primary N) is 1. The van der Waals surface area contributed by atoms with Gasteiger partial charge in [0.2, 0.25) is 0 Å². The van der Waals surface area contributed by atoms with E-state index in [1.54, 1.807) is 0 Å². The summed E-state index contributed by atoms with van der Waals surface area (Å²) >= 11 is 10.6. The van der Waals surface area contributed by atoms with Crippen LogP contribution in [-0.2, 0) is 0 Å². The Kier molecular flexibility index (Phi) is 2.89. The van der Waals surface area contributed by atoms with Crippen LogP contribution >= 0.6 is 23.8 Å².